The van der Waals surface area contributed by atoms with Crippen molar-refractivity contribution in [2.75, 3.05) is 5.32 Å². The molecule has 6 heteroatoms. The van der Waals surface area contributed by atoms with Crippen LogP contribution >= 0.6 is 33.9 Å². The van der Waals surface area contributed by atoms with Gasteiger partial charge in [0.2, 0.25) is 0 Å². The van der Waals surface area contributed by atoms with Crippen LogP contribution in [0.15, 0.2) is 47.3 Å². The number of thiazole rings is 1. The monoisotopic (exact) mass is 438 g/mol. The standard InChI is InChI=1S/C17H15IN2O2S/c1-10(2)20-14-8-7-13(9-15(14)23-17(20)22)19-16(21)11-3-5-12(18)6-4-11/h3-10H,1-2H3,(H,19,21). The lowest BCUT2D eigenvalue weighted by molar-refractivity contribution is 0.102. The summed E-state index contributed by atoms with van der Waals surface area (Å²) < 4.78 is 3.73. The normalized spacial score (nSPS) is 11.1. The first-order valence-corrected chi connectivity index (χ1v) is 9.07. The largest absolute Gasteiger partial charge is 0.322 e. The van der Waals surface area contributed by atoms with Crippen LogP contribution in [0, 0.1) is 3.57 Å². The van der Waals surface area contributed by atoms with Crippen molar-refractivity contribution in [3.8, 4) is 0 Å². The fourth-order valence-corrected chi connectivity index (χ4v) is 3.82. The van der Waals surface area contributed by atoms with E-state index < -0.39 is 0 Å². The lowest BCUT2D eigenvalue weighted by atomic mass is 10.2. The van der Waals surface area contributed by atoms with Crippen molar-refractivity contribution in [1.29, 1.82) is 0 Å². The smallest absolute Gasteiger partial charge is 0.308 e. The number of carbonyl (C=O) groups is 1. The number of halogens is 1. The van der Waals surface area contributed by atoms with Gasteiger partial charge in [-0.3, -0.25) is 14.2 Å². The number of carbonyl (C=O) groups excluding carboxylic acids is 1. The Morgan fingerprint density at radius 2 is 1.87 bits per heavy atom. The molecule has 0 atom stereocenters. The highest BCUT2D eigenvalue weighted by Gasteiger charge is 2.12. The molecule has 1 amide bonds. The molecule has 3 aromatic rings. The Morgan fingerprint density at radius 1 is 1.17 bits per heavy atom. The van der Waals surface area contributed by atoms with Crippen LogP contribution < -0.4 is 10.2 Å². The van der Waals surface area contributed by atoms with Gasteiger partial charge in [-0.2, -0.15) is 0 Å². The second-order valence-electron chi connectivity index (χ2n) is 5.48. The molecular formula is C17H15IN2O2S. The molecule has 0 aliphatic rings. The Bertz CT molecular complexity index is 926. The fraction of sp³-hybridized carbons (Fsp3) is 0.176. The van der Waals surface area contributed by atoms with Crippen LogP contribution in [0.1, 0.15) is 30.2 Å². The number of hydrogen-bond acceptors (Lipinski definition) is 3. The highest BCUT2D eigenvalue weighted by Crippen LogP contribution is 2.24. The number of benzene rings is 2. The van der Waals surface area contributed by atoms with Crippen LogP contribution in [-0.4, -0.2) is 10.5 Å². The van der Waals surface area contributed by atoms with E-state index in [0.717, 1.165) is 13.8 Å². The first kappa shape index (κ1) is 16.2. The molecule has 118 valence electrons. The number of aromatic nitrogens is 1. The summed E-state index contributed by atoms with van der Waals surface area (Å²) in [5.74, 6) is -0.156. The Labute approximate surface area is 151 Å². The van der Waals surface area contributed by atoms with Crippen LogP contribution in [0.25, 0.3) is 10.2 Å². The zero-order valence-corrected chi connectivity index (χ0v) is 15.6. The predicted octanol–water partition coefficient (Wildman–Crippen LogP) is 4.50. The van der Waals surface area contributed by atoms with Gasteiger partial charge in [0, 0.05) is 20.9 Å². The highest BCUT2D eigenvalue weighted by atomic mass is 127. The fourth-order valence-electron chi connectivity index (χ4n) is 2.41. The minimum absolute atomic E-state index is 0.0242. The van der Waals surface area contributed by atoms with Crippen molar-refractivity contribution in [3.05, 3.63) is 61.3 Å². The molecule has 0 radical (unpaired) electrons. The van der Waals surface area contributed by atoms with Gasteiger partial charge in [-0.15, -0.1) is 0 Å². The molecule has 0 unspecified atom stereocenters. The van der Waals surface area contributed by atoms with E-state index in [2.05, 4.69) is 27.9 Å². The van der Waals surface area contributed by atoms with Gasteiger partial charge >= 0.3 is 4.87 Å². The predicted molar refractivity (Wildman–Crippen MR) is 104 cm³/mol. The maximum atomic E-state index is 12.3. The summed E-state index contributed by atoms with van der Waals surface area (Å²) in [6.07, 6.45) is 0. The molecule has 2 aromatic carbocycles. The van der Waals surface area contributed by atoms with Crippen LogP contribution in [0.5, 0.6) is 0 Å². The average Bonchev–Trinajstić information content (AvgIpc) is 2.83. The zero-order valence-electron chi connectivity index (χ0n) is 12.7. The molecule has 0 aliphatic heterocycles. The quantitative estimate of drug-likeness (QED) is 0.613. The maximum Gasteiger partial charge on any atom is 0.308 e. The number of hydrogen-bond donors (Lipinski definition) is 1. The van der Waals surface area contributed by atoms with Gasteiger partial charge < -0.3 is 5.32 Å². The minimum atomic E-state index is -0.156. The second-order valence-corrected chi connectivity index (χ2v) is 7.71. The summed E-state index contributed by atoms with van der Waals surface area (Å²) in [4.78, 5) is 24.3. The third-order valence-electron chi connectivity index (χ3n) is 3.49. The number of nitrogens with zero attached hydrogens (tertiary/aromatic N) is 1. The van der Waals surface area contributed by atoms with E-state index in [-0.39, 0.29) is 16.8 Å². The third-order valence-corrected chi connectivity index (χ3v) is 5.13. The van der Waals surface area contributed by atoms with E-state index in [1.54, 1.807) is 16.7 Å². The van der Waals surface area contributed by atoms with E-state index in [0.29, 0.717) is 11.3 Å². The summed E-state index contributed by atoms with van der Waals surface area (Å²) in [6.45, 7) is 3.97. The van der Waals surface area contributed by atoms with E-state index in [1.807, 2.05) is 44.2 Å². The molecular weight excluding hydrogens is 423 g/mol. The third kappa shape index (κ3) is 3.32. The van der Waals surface area contributed by atoms with Gasteiger partial charge in [-0.25, -0.2) is 0 Å². The highest BCUT2D eigenvalue weighted by molar-refractivity contribution is 14.1. The summed E-state index contributed by atoms with van der Waals surface area (Å²) in [7, 11) is 0. The Kier molecular flexibility index (Phi) is 4.54. The van der Waals surface area contributed by atoms with Gasteiger partial charge in [-0.05, 0) is 78.9 Å². The summed E-state index contributed by atoms with van der Waals surface area (Å²) in [6, 6.07) is 13.1. The number of amides is 1. The number of anilines is 1. The van der Waals surface area contributed by atoms with Crippen LogP contribution in [0.3, 0.4) is 0 Å². The van der Waals surface area contributed by atoms with Crippen molar-refractivity contribution < 1.29 is 4.79 Å². The minimum Gasteiger partial charge on any atom is -0.322 e. The Balaban J connectivity index is 1.91. The summed E-state index contributed by atoms with van der Waals surface area (Å²) >= 11 is 3.40. The molecule has 0 aliphatic carbocycles. The van der Waals surface area contributed by atoms with Crippen molar-refractivity contribution in [2.45, 2.75) is 19.9 Å². The SMILES string of the molecule is CC(C)n1c(=O)sc2cc(NC(=O)c3ccc(I)cc3)ccc21. The molecule has 0 fully saturated rings. The first-order chi connectivity index (χ1) is 11.0. The zero-order chi connectivity index (χ0) is 16.6. The summed E-state index contributed by atoms with van der Waals surface area (Å²) in [5.41, 5.74) is 2.21. The van der Waals surface area contributed by atoms with E-state index >= 15 is 0 Å². The Morgan fingerprint density at radius 3 is 2.52 bits per heavy atom. The number of fused-ring (bicyclic) bond motifs is 1. The van der Waals surface area contributed by atoms with Gasteiger partial charge in [-0.1, -0.05) is 11.3 Å². The molecule has 1 heterocycles. The molecule has 0 saturated carbocycles. The molecule has 4 nitrogen and oxygen atoms in total. The van der Waals surface area contributed by atoms with Gasteiger partial charge in [0.1, 0.15) is 0 Å². The van der Waals surface area contributed by atoms with Crippen molar-refractivity contribution in [1.82, 2.24) is 4.57 Å². The van der Waals surface area contributed by atoms with Crippen LogP contribution in [0.4, 0.5) is 5.69 Å². The average molecular weight is 438 g/mol. The lowest BCUT2D eigenvalue weighted by Crippen LogP contribution is -2.14. The second kappa shape index (κ2) is 6.45. The van der Waals surface area contributed by atoms with Crippen molar-refractivity contribution in [3.63, 3.8) is 0 Å². The van der Waals surface area contributed by atoms with E-state index in [9.17, 15) is 9.59 Å². The van der Waals surface area contributed by atoms with Gasteiger partial charge in [0.25, 0.3) is 5.91 Å². The summed E-state index contributed by atoms with van der Waals surface area (Å²) in [5, 5.41) is 2.88. The first-order valence-electron chi connectivity index (χ1n) is 7.17. The van der Waals surface area contributed by atoms with Gasteiger partial charge in [0.15, 0.2) is 0 Å². The molecule has 0 saturated heterocycles. The van der Waals surface area contributed by atoms with Crippen LogP contribution in [-0.2, 0) is 0 Å². The lowest BCUT2D eigenvalue weighted by Gasteiger charge is -2.08. The van der Waals surface area contributed by atoms with E-state index in [4.69, 9.17) is 0 Å². The van der Waals surface area contributed by atoms with E-state index in [1.165, 1.54) is 11.3 Å². The van der Waals surface area contributed by atoms with Gasteiger partial charge in [0.05, 0.1) is 10.2 Å². The molecule has 0 spiro atoms. The van der Waals surface area contributed by atoms with Crippen molar-refractivity contribution in [2.24, 2.45) is 0 Å². The number of nitrogens with one attached hydrogen (secondary N) is 1. The molecule has 23 heavy (non-hydrogen) atoms. The molecule has 0 bridgehead atoms. The number of rotatable bonds is 3. The van der Waals surface area contributed by atoms with Crippen molar-refractivity contribution >= 4 is 55.7 Å². The molecule has 1 aromatic heterocycles. The Hall–Kier alpha value is -1.67. The topological polar surface area (TPSA) is 51.1 Å². The van der Waals surface area contributed by atoms with Crippen LogP contribution in [0.2, 0.25) is 0 Å². The molecule has 1 N–H and O–H groups in total. The molecule has 3 rings (SSSR count). The maximum absolute atomic E-state index is 12.3.